The molecule has 0 spiro atoms. The number of carbonyl (C=O) groups is 5. The lowest BCUT2D eigenvalue weighted by Crippen LogP contribution is -2.28. The number of carbonyl (C=O) groups excluding carboxylic acids is 5. The van der Waals surface area contributed by atoms with Crippen LogP contribution in [0, 0.1) is 0 Å². The normalized spacial score (nSPS) is 13.5. The van der Waals surface area contributed by atoms with E-state index in [0.29, 0.717) is 13.1 Å². The van der Waals surface area contributed by atoms with Gasteiger partial charge in [-0.05, 0) is 52.5 Å². The Morgan fingerprint density at radius 3 is 1.38 bits per heavy atom. The summed E-state index contributed by atoms with van der Waals surface area (Å²) in [7, 11) is -2.70. The molecule has 0 saturated heterocycles. The fraction of sp³-hybridized carbons (Fsp3) is 0.452. The standard InChI is InChI=1S/C31H42N4O16P2/c1-19(36)44-16-47-52(41,42)50-24-10-8-22(32-12-14-34(4)5)26-28(24)30(39)27-23(33-13-15-35(6)7)9-11-25(29(27)31(26)40)51-53(43,48-17-45-20(2)37)49-18-46-21(3)38/h8-11,32-33H,12-18H2,1-7H3,(H,41,42). The highest BCUT2D eigenvalue weighted by Gasteiger charge is 2.42. The number of ether oxygens (including phenoxy) is 3. The second-order valence-electron chi connectivity index (χ2n) is 11.6. The molecule has 3 N–H and O–H groups in total. The molecule has 0 amide bonds. The number of hydrogen-bond acceptors (Lipinski definition) is 19. The van der Waals surface area contributed by atoms with E-state index in [1.807, 2.05) is 38.0 Å². The van der Waals surface area contributed by atoms with Gasteiger partial charge in [-0.2, -0.15) is 0 Å². The maximum Gasteiger partial charge on any atom is 0.535 e. The molecule has 0 radical (unpaired) electrons. The number of ketones is 2. The molecule has 53 heavy (non-hydrogen) atoms. The van der Waals surface area contributed by atoms with E-state index < -0.39 is 88.1 Å². The van der Waals surface area contributed by atoms with E-state index in [1.54, 1.807) is 0 Å². The predicted molar refractivity (Wildman–Crippen MR) is 186 cm³/mol. The molecule has 0 bridgehead atoms. The molecule has 0 aromatic heterocycles. The van der Waals surface area contributed by atoms with Crippen molar-refractivity contribution in [3.63, 3.8) is 0 Å². The summed E-state index contributed by atoms with van der Waals surface area (Å²) in [5.74, 6) is -5.22. The molecule has 2 aromatic rings. The molecule has 0 heterocycles. The lowest BCUT2D eigenvalue weighted by Gasteiger charge is -2.28. The van der Waals surface area contributed by atoms with Gasteiger partial charge in [-0.3, -0.25) is 28.9 Å². The van der Waals surface area contributed by atoms with Gasteiger partial charge in [-0.1, -0.05) is 0 Å². The van der Waals surface area contributed by atoms with Crippen molar-refractivity contribution >= 4 is 56.5 Å². The first kappa shape index (κ1) is 43.0. The van der Waals surface area contributed by atoms with Crippen molar-refractivity contribution in [1.82, 2.24) is 9.80 Å². The van der Waals surface area contributed by atoms with Crippen molar-refractivity contribution in [2.45, 2.75) is 20.8 Å². The third-order valence-corrected chi connectivity index (χ3v) is 8.96. The average molecular weight is 789 g/mol. The minimum atomic E-state index is -5.07. The molecular formula is C31H42N4O16P2. The van der Waals surface area contributed by atoms with Gasteiger partial charge < -0.3 is 43.7 Å². The van der Waals surface area contributed by atoms with Gasteiger partial charge >= 0.3 is 33.6 Å². The van der Waals surface area contributed by atoms with Crippen LogP contribution in [0.4, 0.5) is 11.4 Å². The van der Waals surface area contributed by atoms with Crippen LogP contribution in [0.1, 0.15) is 52.6 Å². The molecule has 2 aromatic carbocycles. The first-order valence-corrected chi connectivity index (χ1v) is 18.7. The number of phosphoric acid groups is 2. The minimum Gasteiger partial charge on any atom is -0.438 e. The Kier molecular flexibility index (Phi) is 15.5. The summed E-state index contributed by atoms with van der Waals surface area (Å²) < 4.78 is 66.5. The maximum absolute atomic E-state index is 14.7. The number of anilines is 2. The molecule has 0 saturated carbocycles. The van der Waals surface area contributed by atoms with E-state index in [2.05, 4.69) is 15.4 Å². The summed E-state index contributed by atoms with van der Waals surface area (Å²) in [4.78, 5) is 77.3. The van der Waals surface area contributed by atoms with Crippen molar-refractivity contribution in [2.75, 3.05) is 85.4 Å². The van der Waals surface area contributed by atoms with E-state index in [-0.39, 0.29) is 35.6 Å². The Hall–Kier alpha value is -4.39. The zero-order valence-electron chi connectivity index (χ0n) is 30.1. The lowest BCUT2D eigenvalue weighted by molar-refractivity contribution is -0.151. The summed E-state index contributed by atoms with van der Waals surface area (Å²) >= 11 is 0. The van der Waals surface area contributed by atoms with Crippen molar-refractivity contribution in [3.8, 4) is 11.5 Å². The second-order valence-corrected chi connectivity index (χ2v) is 14.6. The summed E-state index contributed by atoms with van der Waals surface area (Å²) in [5, 5.41) is 6.16. The molecule has 1 atom stereocenters. The number of likely N-dealkylation sites (N-methyl/N-ethyl adjacent to an activating group) is 2. The summed E-state index contributed by atoms with van der Waals surface area (Å²) in [6.07, 6.45) is 0. The fourth-order valence-corrected chi connectivity index (χ4v) is 6.08. The SMILES string of the molecule is CC(=O)OCOP(=O)(O)Oc1ccc(NCCN(C)C)c2c1C(=O)c1c(NCCN(C)C)ccc(OP(=O)(OCOC(C)=O)OCOC(C)=O)c1C2=O. The quantitative estimate of drug-likeness (QED) is 0.0608. The summed E-state index contributed by atoms with van der Waals surface area (Å²) in [6, 6.07) is 5.08. The predicted octanol–water partition coefficient (Wildman–Crippen LogP) is 2.99. The number of esters is 3. The number of benzene rings is 2. The Balaban J connectivity index is 2.24. The van der Waals surface area contributed by atoms with Gasteiger partial charge in [-0.25, -0.2) is 22.7 Å². The van der Waals surface area contributed by atoms with E-state index in [4.69, 9.17) is 32.1 Å². The molecule has 22 heteroatoms. The van der Waals surface area contributed by atoms with Crippen LogP contribution < -0.4 is 19.7 Å². The van der Waals surface area contributed by atoms with E-state index in [9.17, 15) is 38.0 Å². The van der Waals surface area contributed by atoms with Crippen molar-refractivity contribution in [3.05, 3.63) is 46.5 Å². The van der Waals surface area contributed by atoms with Crippen molar-refractivity contribution in [2.24, 2.45) is 0 Å². The van der Waals surface area contributed by atoms with Crippen LogP contribution in [0.25, 0.3) is 0 Å². The highest BCUT2D eigenvalue weighted by atomic mass is 31.2. The van der Waals surface area contributed by atoms with E-state index >= 15 is 0 Å². The van der Waals surface area contributed by atoms with Crippen molar-refractivity contribution in [1.29, 1.82) is 0 Å². The fourth-order valence-electron chi connectivity index (χ4n) is 4.50. The minimum absolute atomic E-state index is 0.115. The third-order valence-electron chi connectivity index (χ3n) is 6.84. The summed E-state index contributed by atoms with van der Waals surface area (Å²) in [5.41, 5.74) is -1.25. The van der Waals surface area contributed by atoms with Gasteiger partial charge in [0.25, 0.3) is 0 Å². The zero-order valence-corrected chi connectivity index (χ0v) is 31.9. The second kappa shape index (κ2) is 19.1. The van der Waals surface area contributed by atoms with Gasteiger partial charge in [-0.15, -0.1) is 0 Å². The van der Waals surface area contributed by atoms with Gasteiger partial charge in [0, 0.05) is 58.3 Å². The highest BCUT2D eigenvalue weighted by Crippen LogP contribution is 2.53. The number of hydrogen-bond donors (Lipinski definition) is 3. The van der Waals surface area contributed by atoms with Gasteiger partial charge in [0.05, 0.1) is 22.3 Å². The number of nitrogens with zero attached hydrogens (tertiary/aromatic N) is 2. The Morgan fingerprint density at radius 2 is 1.00 bits per heavy atom. The molecule has 3 rings (SSSR count). The van der Waals surface area contributed by atoms with Crippen LogP contribution >= 0.6 is 15.6 Å². The van der Waals surface area contributed by atoms with E-state index in [0.717, 1.165) is 20.8 Å². The molecular weight excluding hydrogens is 746 g/mol. The molecule has 1 aliphatic rings. The summed E-state index contributed by atoms with van der Waals surface area (Å²) in [6.45, 7) is 1.85. The molecule has 0 fully saturated rings. The van der Waals surface area contributed by atoms with Crippen LogP contribution in [0.15, 0.2) is 24.3 Å². The van der Waals surface area contributed by atoms with E-state index in [1.165, 1.54) is 24.3 Å². The van der Waals surface area contributed by atoms with Crippen LogP contribution in [-0.4, -0.2) is 119 Å². The number of fused-ring (bicyclic) bond motifs is 2. The van der Waals surface area contributed by atoms with Crippen LogP contribution in [0.5, 0.6) is 11.5 Å². The lowest BCUT2D eigenvalue weighted by atomic mass is 9.81. The largest absolute Gasteiger partial charge is 0.535 e. The number of rotatable bonds is 21. The van der Waals surface area contributed by atoms with Gasteiger partial charge in [0.1, 0.15) is 11.5 Å². The smallest absolute Gasteiger partial charge is 0.438 e. The molecule has 0 aliphatic heterocycles. The van der Waals surface area contributed by atoms with Gasteiger partial charge in [0.2, 0.25) is 31.9 Å². The topological polar surface area (TPSA) is 244 Å². The van der Waals surface area contributed by atoms with Crippen molar-refractivity contribution < 1.29 is 74.8 Å². The highest BCUT2D eigenvalue weighted by molar-refractivity contribution is 7.49. The first-order chi connectivity index (χ1) is 24.8. The third kappa shape index (κ3) is 12.6. The van der Waals surface area contributed by atoms with Crippen LogP contribution in [0.3, 0.4) is 0 Å². The Morgan fingerprint density at radius 1 is 0.623 bits per heavy atom. The molecule has 1 aliphatic carbocycles. The zero-order chi connectivity index (χ0) is 39.5. The maximum atomic E-state index is 14.7. The monoisotopic (exact) mass is 788 g/mol. The average Bonchev–Trinajstić information content (AvgIpc) is 3.03. The van der Waals surface area contributed by atoms with Crippen LogP contribution in [0.2, 0.25) is 0 Å². The first-order valence-electron chi connectivity index (χ1n) is 15.7. The molecule has 1 unspecified atom stereocenters. The van der Waals surface area contributed by atoms with Crippen LogP contribution in [-0.2, 0) is 51.3 Å². The number of phosphoric ester groups is 2. The Labute approximate surface area is 305 Å². The molecule has 20 nitrogen and oxygen atoms in total. The molecule has 292 valence electrons. The van der Waals surface area contributed by atoms with Gasteiger partial charge in [0.15, 0.2) is 0 Å². The number of nitrogens with one attached hydrogen (secondary N) is 2. The Bertz CT molecular complexity index is 1780.